The Morgan fingerprint density at radius 2 is 1.79 bits per heavy atom. The fourth-order valence-electron chi connectivity index (χ4n) is 4.76. The van der Waals surface area contributed by atoms with E-state index in [0.29, 0.717) is 32.7 Å². The molecule has 0 saturated carbocycles. The van der Waals surface area contributed by atoms with E-state index in [1.54, 1.807) is 0 Å². The molecule has 2 N–H and O–H groups in total. The highest BCUT2D eigenvalue weighted by atomic mass is 16.6. The highest BCUT2D eigenvalue weighted by Crippen LogP contribution is 2.31. The maximum atomic E-state index is 13.4. The molecule has 1 fully saturated rings. The number of ether oxygens (including phenoxy) is 2. The Labute approximate surface area is 198 Å². The topological polar surface area (TPSA) is 86.9 Å². The molecule has 1 saturated heterocycles. The highest BCUT2D eigenvalue weighted by molar-refractivity contribution is 5.89. The second kappa shape index (κ2) is 9.77. The normalized spacial score (nSPS) is 16.9. The summed E-state index contributed by atoms with van der Waals surface area (Å²) in [6, 6.07) is 13.5. The average Bonchev–Trinajstić information content (AvgIpc) is 3.26. The van der Waals surface area contributed by atoms with Gasteiger partial charge in [0.2, 0.25) is 11.8 Å². The Bertz CT molecular complexity index is 1180. The number of fused-ring (bicyclic) bond motifs is 2. The zero-order valence-electron chi connectivity index (χ0n) is 19.4. The first-order chi connectivity index (χ1) is 16.6. The summed E-state index contributed by atoms with van der Waals surface area (Å²) in [5, 5.41) is 3.96. The molecule has 8 nitrogen and oxygen atoms in total. The van der Waals surface area contributed by atoms with E-state index in [2.05, 4.69) is 21.3 Å². The largest absolute Gasteiger partial charge is 0.486 e. The smallest absolute Gasteiger partial charge is 0.245 e. The molecule has 1 aromatic heterocycles. The third-order valence-electron chi connectivity index (χ3n) is 6.47. The molecule has 1 unspecified atom stereocenters. The van der Waals surface area contributed by atoms with Crippen LogP contribution in [-0.2, 0) is 22.6 Å². The van der Waals surface area contributed by atoms with E-state index in [1.807, 2.05) is 47.5 Å². The number of benzene rings is 2. The fraction of sp³-hybridized carbons (Fsp3) is 0.385. The number of aromatic nitrogens is 1. The third-order valence-corrected chi connectivity index (χ3v) is 6.47. The molecule has 1 atom stereocenters. The lowest BCUT2D eigenvalue weighted by atomic mass is 10.0. The van der Waals surface area contributed by atoms with Crippen LogP contribution in [0.5, 0.6) is 11.5 Å². The Morgan fingerprint density at radius 1 is 1.03 bits per heavy atom. The van der Waals surface area contributed by atoms with Crippen molar-refractivity contribution < 1.29 is 19.1 Å². The summed E-state index contributed by atoms with van der Waals surface area (Å²) in [5.74, 6) is 1.37. The Balaban J connectivity index is 1.21. The molecule has 2 aliphatic rings. The first kappa shape index (κ1) is 22.3. The molecule has 0 bridgehead atoms. The number of nitrogens with zero attached hydrogens (tertiary/aromatic N) is 2. The highest BCUT2D eigenvalue weighted by Gasteiger charge is 2.29. The molecular weight excluding hydrogens is 432 g/mol. The minimum absolute atomic E-state index is 0.0283. The van der Waals surface area contributed by atoms with Gasteiger partial charge in [0.1, 0.15) is 19.3 Å². The minimum Gasteiger partial charge on any atom is -0.486 e. The van der Waals surface area contributed by atoms with Crippen molar-refractivity contribution in [1.29, 1.82) is 0 Å². The summed E-state index contributed by atoms with van der Waals surface area (Å²) < 4.78 is 11.3. The standard InChI is InChI=1S/C26H30N4O4/c1-18(31)28-23(15-20-16-27-22-5-3-2-4-21(20)22)26(32)30-10-8-29(9-11-30)17-19-6-7-24-25(14-19)34-13-12-33-24/h2-7,14,16,23,27H,8-13,15,17H2,1H3,(H,28,31). The molecule has 0 aliphatic carbocycles. The zero-order chi connectivity index (χ0) is 23.5. The van der Waals surface area contributed by atoms with Gasteiger partial charge in [-0.1, -0.05) is 24.3 Å². The van der Waals surface area contributed by atoms with Gasteiger partial charge in [-0.05, 0) is 29.3 Å². The summed E-state index contributed by atoms with van der Waals surface area (Å²) in [6.45, 7) is 6.23. The molecule has 8 heteroatoms. The van der Waals surface area contributed by atoms with E-state index in [0.717, 1.165) is 47.6 Å². The van der Waals surface area contributed by atoms with Gasteiger partial charge < -0.3 is 24.7 Å². The van der Waals surface area contributed by atoms with Crippen LogP contribution in [0, 0.1) is 0 Å². The van der Waals surface area contributed by atoms with Crippen LogP contribution in [0.1, 0.15) is 18.1 Å². The predicted octanol–water partition coefficient (Wildman–Crippen LogP) is 2.33. The number of carbonyl (C=O) groups excluding carboxylic acids is 2. The number of para-hydroxylation sites is 1. The lowest BCUT2D eigenvalue weighted by Crippen LogP contribution is -2.55. The molecule has 2 amide bonds. The van der Waals surface area contributed by atoms with E-state index in [4.69, 9.17) is 9.47 Å². The fourth-order valence-corrected chi connectivity index (χ4v) is 4.76. The second-order valence-corrected chi connectivity index (χ2v) is 8.90. The maximum absolute atomic E-state index is 13.4. The van der Waals surface area contributed by atoms with E-state index >= 15 is 0 Å². The van der Waals surface area contributed by atoms with Gasteiger partial charge >= 0.3 is 0 Å². The first-order valence-corrected chi connectivity index (χ1v) is 11.8. The summed E-state index contributed by atoms with van der Waals surface area (Å²) >= 11 is 0. The van der Waals surface area contributed by atoms with Crippen LogP contribution in [0.2, 0.25) is 0 Å². The number of aromatic amines is 1. The number of piperazine rings is 1. The summed E-state index contributed by atoms with van der Waals surface area (Å²) in [5.41, 5.74) is 3.22. The van der Waals surface area contributed by atoms with Crippen molar-refractivity contribution in [2.45, 2.75) is 25.9 Å². The van der Waals surface area contributed by atoms with Crippen molar-refractivity contribution >= 4 is 22.7 Å². The van der Waals surface area contributed by atoms with E-state index in [-0.39, 0.29) is 11.8 Å². The van der Waals surface area contributed by atoms with Gasteiger partial charge in [-0.2, -0.15) is 0 Å². The molecule has 2 aromatic carbocycles. The zero-order valence-corrected chi connectivity index (χ0v) is 19.4. The number of hydrogen-bond donors (Lipinski definition) is 2. The molecule has 34 heavy (non-hydrogen) atoms. The lowest BCUT2D eigenvalue weighted by molar-refractivity contribution is -0.137. The number of H-pyrrole nitrogens is 1. The van der Waals surface area contributed by atoms with Gasteiger partial charge in [0.15, 0.2) is 11.5 Å². The van der Waals surface area contributed by atoms with Crippen molar-refractivity contribution in [1.82, 2.24) is 20.1 Å². The molecular formula is C26H30N4O4. The van der Waals surface area contributed by atoms with Gasteiger partial charge in [-0.15, -0.1) is 0 Å². The predicted molar refractivity (Wildman–Crippen MR) is 129 cm³/mol. The Kier molecular flexibility index (Phi) is 6.40. The monoisotopic (exact) mass is 462 g/mol. The second-order valence-electron chi connectivity index (χ2n) is 8.90. The van der Waals surface area contributed by atoms with E-state index < -0.39 is 6.04 Å². The van der Waals surface area contributed by atoms with E-state index in [9.17, 15) is 9.59 Å². The van der Waals surface area contributed by atoms with Gasteiger partial charge in [0, 0.05) is 63.2 Å². The van der Waals surface area contributed by atoms with Crippen molar-refractivity contribution in [2.75, 3.05) is 39.4 Å². The van der Waals surface area contributed by atoms with Crippen LogP contribution in [0.4, 0.5) is 0 Å². The van der Waals surface area contributed by atoms with Crippen molar-refractivity contribution in [3.05, 3.63) is 59.8 Å². The lowest BCUT2D eigenvalue weighted by Gasteiger charge is -2.36. The summed E-state index contributed by atoms with van der Waals surface area (Å²) in [4.78, 5) is 32.7. The Morgan fingerprint density at radius 3 is 2.59 bits per heavy atom. The van der Waals surface area contributed by atoms with Crippen LogP contribution < -0.4 is 14.8 Å². The van der Waals surface area contributed by atoms with E-state index in [1.165, 1.54) is 12.5 Å². The molecule has 0 radical (unpaired) electrons. The molecule has 0 spiro atoms. The van der Waals surface area contributed by atoms with Crippen LogP contribution in [0.15, 0.2) is 48.7 Å². The quantitative estimate of drug-likeness (QED) is 0.587. The third kappa shape index (κ3) is 4.87. The molecule has 178 valence electrons. The number of amides is 2. The van der Waals surface area contributed by atoms with Crippen molar-refractivity contribution in [3.63, 3.8) is 0 Å². The van der Waals surface area contributed by atoms with Gasteiger partial charge in [-0.25, -0.2) is 0 Å². The number of carbonyl (C=O) groups is 2. The van der Waals surface area contributed by atoms with Crippen LogP contribution in [-0.4, -0.2) is 72.0 Å². The van der Waals surface area contributed by atoms with Gasteiger partial charge in [0.25, 0.3) is 0 Å². The molecule has 3 heterocycles. The number of hydrogen-bond acceptors (Lipinski definition) is 5. The van der Waals surface area contributed by atoms with Crippen LogP contribution in [0.3, 0.4) is 0 Å². The number of rotatable bonds is 6. The van der Waals surface area contributed by atoms with Gasteiger partial charge in [0.05, 0.1) is 0 Å². The van der Waals surface area contributed by atoms with Crippen LogP contribution in [0.25, 0.3) is 10.9 Å². The Hall–Kier alpha value is -3.52. The van der Waals surface area contributed by atoms with Gasteiger partial charge in [-0.3, -0.25) is 14.5 Å². The van der Waals surface area contributed by atoms with Crippen molar-refractivity contribution in [2.24, 2.45) is 0 Å². The minimum atomic E-state index is -0.582. The molecule has 5 rings (SSSR count). The number of nitrogens with one attached hydrogen (secondary N) is 2. The summed E-state index contributed by atoms with van der Waals surface area (Å²) in [6.07, 6.45) is 2.39. The first-order valence-electron chi connectivity index (χ1n) is 11.8. The van der Waals surface area contributed by atoms with Crippen LogP contribution >= 0.6 is 0 Å². The maximum Gasteiger partial charge on any atom is 0.245 e. The average molecular weight is 463 g/mol. The summed E-state index contributed by atoms with van der Waals surface area (Å²) in [7, 11) is 0. The van der Waals surface area contributed by atoms with Crippen molar-refractivity contribution in [3.8, 4) is 11.5 Å². The SMILES string of the molecule is CC(=O)NC(Cc1c[nH]c2ccccc12)C(=O)N1CCN(Cc2ccc3c(c2)OCCO3)CC1. The molecule has 3 aromatic rings. The molecule has 2 aliphatic heterocycles.